The molecular formula is C9H14O3. The Bertz CT molecular complexity index is 218. The van der Waals surface area contributed by atoms with Crippen LogP contribution in [0.3, 0.4) is 0 Å². The van der Waals surface area contributed by atoms with Gasteiger partial charge in [-0.1, -0.05) is 26.0 Å². The zero-order chi connectivity index (χ0) is 9.35. The number of allylic oxidation sites excluding steroid dienone is 1. The van der Waals surface area contributed by atoms with Crippen molar-refractivity contribution in [1.29, 1.82) is 0 Å². The highest BCUT2D eigenvalue weighted by Gasteiger charge is 2.60. The molecule has 1 aliphatic rings. The fraction of sp³-hybridized carbons (Fsp3) is 0.667. The van der Waals surface area contributed by atoms with Crippen LogP contribution in [0.1, 0.15) is 13.8 Å². The van der Waals surface area contributed by atoms with Crippen LogP contribution in [-0.4, -0.2) is 22.8 Å². The van der Waals surface area contributed by atoms with Crippen LogP contribution in [0, 0.1) is 17.3 Å². The van der Waals surface area contributed by atoms with E-state index < -0.39 is 5.97 Å². The zero-order valence-electron chi connectivity index (χ0n) is 7.32. The minimum absolute atomic E-state index is 0.0150. The fourth-order valence-electron chi connectivity index (χ4n) is 1.72. The number of hydrogen-bond acceptors (Lipinski definition) is 2. The predicted octanol–water partition coefficient (Wildman–Crippen LogP) is 0.892. The number of hydrogen-bond donors (Lipinski definition) is 2. The summed E-state index contributed by atoms with van der Waals surface area (Å²) in [4.78, 5) is 10.7. The van der Waals surface area contributed by atoms with Gasteiger partial charge in [-0.15, -0.1) is 0 Å². The van der Waals surface area contributed by atoms with Gasteiger partial charge >= 0.3 is 5.97 Å². The van der Waals surface area contributed by atoms with Crippen molar-refractivity contribution < 1.29 is 15.0 Å². The van der Waals surface area contributed by atoms with Gasteiger partial charge in [-0.2, -0.15) is 0 Å². The molecule has 0 aromatic heterocycles. The molecule has 0 heterocycles. The van der Waals surface area contributed by atoms with Crippen LogP contribution in [0.2, 0.25) is 0 Å². The monoisotopic (exact) mass is 170 g/mol. The van der Waals surface area contributed by atoms with Crippen LogP contribution in [0.5, 0.6) is 0 Å². The first-order valence-corrected chi connectivity index (χ1v) is 4.02. The van der Waals surface area contributed by atoms with E-state index in [1.165, 1.54) is 0 Å². The topological polar surface area (TPSA) is 57.5 Å². The summed E-state index contributed by atoms with van der Waals surface area (Å²) in [6.07, 6.45) is 3.40. The lowest BCUT2D eigenvalue weighted by Gasteiger charge is -1.95. The number of aliphatic hydroxyl groups excluding tert-OH is 1. The summed E-state index contributed by atoms with van der Waals surface area (Å²) in [6.45, 7) is 3.84. The molecule has 3 heteroatoms. The Morgan fingerprint density at radius 3 is 2.50 bits per heavy atom. The maximum atomic E-state index is 10.7. The number of aliphatic hydroxyl groups is 1. The fourth-order valence-corrected chi connectivity index (χ4v) is 1.72. The van der Waals surface area contributed by atoms with E-state index in [-0.39, 0.29) is 23.9 Å². The molecule has 0 aliphatic heterocycles. The largest absolute Gasteiger partial charge is 0.481 e. The molecule has 0 spiro atoms. The molecule has 1 aliphatic carbocycles. The van der Waals surface area contributed by atoms with Crippen molar-refractivity contribution in [1.82, 2.24) is 0 Å². The van der Waals surface area contributed by atoms with Crippen molar-refractivity contribution >= 4 is 5.97 Å². The van der Waals surface area contributed by atoms with E-state index in [0.29, 0.717) is 0 Å². The van der Waals surface area contributed by atoms with Crippen LogP contribution in [0.25, 0.3) is 0 Å². The normalized spacial score (nSPS) is 32.2. The highest BCUT2D eigenvalue weighted by Crippen LogP contribution is 2.58. The first-order valence-electron chi connectivity index (χ1n) is 4.02. The smallest absolute Gasteiger partial charge is 0.307 e. The van der Waals surface area contributed by atoms with Crippen molar-refractivity contribution in [2.45, 2.75) is 13.8 Å². The average molecular weight is 170 g/mol. The summed E-state index contributed by atoms with van der Waals surface area (Å²) in [5.41, 5.74) is -0.141. The van der Waals surface area contributed by atoms with Gasteiger partial charge in [0.1, 0.15) is 0 Å². The number of carbonyl (C=O) groups is 1. The molecule has 2 unspecified atom stereocenters. The third kappa shape index (κ3) is 1.37. The lowest BCUT2D eigenvalue weighted by Crippen LogP contribution is -2.02. The first-order chi connectivity index (χ1) is 5.51. The van der Waals surface area contributed by atoms with Crippen molar-refractivity contribution in [2.24, 2.45) is 17.3 Å². The molecule has 1 fully saturated rings. The van der Waals surface area contributed by atoms with Gasteiger partial charge < -0.3 is 10.2 Å². The van der Waals surface area contributed by atoms with Crippen LogP contribution < -0.4 is 0 Å². The Morgan fingerprint density at radius 2 is 2.17 bits per heavy atom. The second-order valence-corrected chi connectivity index (χ2v) is 3.77. The summed E-state index contributed by atoms with van der Waals surface area (Å²) in [6, 6.07) is 0. The van der Waals surface area contributed by atoms with Gasteiger partial charge in [0.05, 0.1) is 12.5 Å². The molecule has 1 rings (SSSR count). The van der Waals surface area contributed by atoms with E-state index >= 15 is 0 Å². The lowest BCUT2D eigenvalue weighted by molar-refractivity contribution is -0.139. The second-order valence-electron chi connectivity index (χ2n) is 3.77. The number of carboxylic acids is 1. The van der Waals surface area contributed by atoms with Gasteiger partial charge in [-0.05, 0) is 11.3 Å². The van der Waals surface area contributed by atoms with E-state index in [4.69, 9.17) is 10.2 Å². The molecule has 12 heavy (non-hydrogen) atoms. The van der Waals surface area contributed by atoms with Gasteiger partial charge in [-0.25, -0.2) is 0 Å². The van der Waals surface area contributed by atoms with Gasteiger partial charge in [0.25, 0.3) is 0 Å². The standard InChI is InChI=1S/C9H14O3/c1-9(2)6(4-3-5-10)7(9)8(11)12/h3-4,6-7,10H,5H2,1-2H3,(H,11,12). The minimum Gasteiger partial charge on any atom is -0.481 e. The molecule has 0 radical (unpaired) electrons. The SMILES string of the molecule is CC1(C)C(C=CCO)C1C(=O)O. The second kappa shape index (κ2) is 2.90. The number of aliphatic carboxylic acids is 1. The molecule has 0 aromatic rings. The van der Waals surface area contributed by atoms with Gasteiger partial charge in [0, 0.05) is 0 Å². The summed E-state index contributed by atoms with van der Waals surface area (Å²) >= 11 is 0. The van der Waals surface area contributed by atoms with E-state index in [9.17, 15) is 4.79 Å². The molecule has 0 aromatic carbocycles. The van der Waals surface area contributed by atoms with E-state index in [2.05, 4.69) is 0 Å². The van der Waals surface area contributed by atoms with E-state index in [0.717, 1.165) is 0 Å². The van der Waals surface area contributed by atoms with Crippen LogP contribution >= 0.6 is 0 Å². The molecular weight excluding hydrogens is 156 g/mol. The average Bonchev–Trinajstić information content (AvgIpc) is 2.49. The maximum absolute atomic E-state index is 10.7. The van der Waals surface area contributed by atoms with Crippen molar-refractivity contribution in [3.05, 3.63) is 12.2 Å². The van der Waals surface area contributed by atoms with Gasteiger partial charge in [-0.3, -0.25) is 4.79 Å². The predicted molar refractivity (Wildman–Crippen MR) is 44.6 cm³/mol. The number of carboxylic acid groups (broad SMARTS) is 1. The molecule has 0 saturated heterocycles. The molecule has 2 N–H and O–H groups in total. The summed E-state index contributed by atoms with van der Waals surface area (Å²) in [5.74, 6) is -0.935. The van der Waals surface area contributed by atoms with Crippen LogP contribution in [0.15, 0.2) is 12.2 Å². The zero-order valence-corrected chi connectivity index (χ0v) is 7.32. The van der Waals surface area contributed by atoms with Crippen LogP contribution in [-0.2, 0) is 4.79 Å². The van der Waals surface area contributed by atoms with Gasteiger partial charge in [0.15, 0.2) is 0 Å². The van der Waals surface area contributed by atoms with Crippen molar-refractivity contribution in [3.8, 4) is 0 Å². The Hall–Kier alpha value is -0.830. The highest BCUT2D eigenvalue weighted by atomic mass is 16.4. The number of rotatable bonds is 3. The molecule has 0 bridgehead atoms. The Balaban J connectivity index is 2.60. The minimum atomic E-state index is -0.743. The Kier molecular flexibility index (Phi) is 2.24. The van der Waals surface area contributed by atoms with Crippen molar-refractivity contribution in [2.75, 3.05) is 6.61 Å². The third-order valence-corrected chi connectivity index (χ3v) is 2.63. The maximum Gasteiger partial charge on any atom is 0.307 e. The van der Waals surface area contributed by atoms with Crippen molar-refractivity contribution in [3.63, 3.8) is 0 Å². The van der Waals surface area contributed by atoms with E-state index in [1.54, 1.807) is 12.2 Å². The lowest BCUT2D eigenvalue weighted by atomic mass is 10.1. The van der Waals surface area contributed by atoms with Gasteiger partial charge in [0.2, 0.25) is 0 Å². The summed E-state index contributed by atoms with van der Waals surface area (Å²) in [5, 5.41) is 17.3. The molecule has 2 atom stereocenters. The van der Waals surface area contributed by atoms with E-state index in [1.807, 2.05) is 13.8 Å². The van der Waals surface area contributed by atoms with Crippen LogP contribution in [0.4, 0.5) is 0 Å². The molecule has 68 valence electrons. The third-order valence-electron chi connectivity index (χ3n) is 2.63. The Labute approximate surface area is 71.7 Å². The summed E-state index contributed by atoms with van der Waals surface area (Å²) < 4.78 is 0. The Morgan fingerprint density at radius 1 is 1.58 bits per heavy atom. The molecule has 0 amide bonds. The first kappa shape index (κ1) is 9.26. The molecule has 3 nitrogen and oxygen atoms in total. The highest BCUT2D eigenvalue weighted by molar-refractivity contribution is 5.76. The summed E-state index contributed by atoms with van der Waals surface area (Å²) in [7, 11) is 0. The quantitative estimate of drug-likeness (QED) is 0.618. The molecule has 1 saturated carbocycles.